The summed E-state index contributed by atoms with van der Waals surface area (Å²) in [5, 5.41) is 9.08. The highest BCUT2D eigenvalue weighted by atomic mass is 127. The van der Waals surface area contributed by atoms with E-state index in [1.807, 2.05) is 27.7 Å². The number of benzene rings is 1. The maximum Gasteiger partial charge on any atom is 0.336 e. The van der Waals surface area contributed by atoms with E-state index < -0.39 is 5.97 Å². The van der Waals surface area contributed by atoms with Crippen LogP contribution in [0, 0.1) is 31.3 Å². The Kier molecular flexibility index (Phi) is 3.19. The van der Waals surface area contributed by atoms with Gasteiger partial charge in [-0.15, -0.1) is 0 Å². The zero-order valence-electron chi connectivity index (χ0n) is 8.73. The van der Waals surface area contributed by atoms with Gasteiger partial charge in [-0.2, -0.15) is 0 Å². The van der Waals surface area contributed by atoms with Crippen molar-refractivity contribution in [1.82, 2.24) is 0 Å². The Hall–Kier alpha value is -0.580. The summed E-state index contributed by atoms with van der Waals surface area (Å²) < 4.78 is 1.06. The number of hydrogen-bond acceptors (Lipinski definition) is 1. The minimum Gasteiger partial charge on any atom is -0.478 e. The number of carboxylic acids is 1. The molecule has 1 N–H and O–H groups in total. The zero-order valence-corrected chi connectivity index (χ0v) is 10.9. The smallest absolute Gasteiger partial charge is 0.336 e. The highest BCUT2D eigenvalue weighted by Gasteiger charge is 2.17. The lowest BCUT2D eigenvalue weighted by molar-refractivity contribution is 0.0695. The van der Waals surface area contributed by atoms with Gasteiger partial charge in [0.25, 0.3) is 0 Å². The molecule has 0 saturated heterocycles. The van der Waals surface area contributed by atoms with Crippen molar-refractivity contribution in [2.24, 2.45) is 0 Å². The van der Waals surface area contributed by atoms with Gasteiger partial charge in [0.05, 0.1) is 5.56 Å². The SMILES string of the molecule is Cc1c(C)c(I)c(C)c(C(=O)O)c1C. The Morgan fingerprint density at radius 3 is 1.93 bits per heavy atom. The van der Waals surface area contributed by atoms with Crippen LogP contribution in [0.2, 0.25) is 0 Å². The van der Waals surface area contributed by atoms with Crippen LogP contribution in [-0.2, 0) is 0 Å². The molecule has 0 unspecified atom stereocenters. The Morgan fingerprint density at radius 2 is 1.50 bits per heavy atom. The Morgan fingerprint density at radius 1 is 1.00 bits per heavy atom. The van der Waals surface area contributed by atoms with E-state index in [0.29, 0.717) is 5.56 Å². The normalized spacial score (nSPS) is 10.4. The first kappa shape index (κ1) is 11.5. The number of aromatic carboxylic acids is 1. The lowest BCUT2D eigenvalue weighted by atomic mass is 9.94. The van der Waals surface area contributed by atoms with E-state index in [9.17, 15) is 4.79 Å². The van der Waals surface area contributed by atoms with E-state index in [-0.39, 0.29) is 0 Å². The molecular formula is C11H13IO2. The first-order valence-electron chi connectivity index (χ1n) is 4.37. The first-order valence-corrected chi connectivity index (χ1v) is 5.45. The molecule has 1 aromatic carbocycles. The van der Waals surface area contributed by atoms with E-state index in [1.54, 1.807) is 0 Å². The number of carbonyl (C=O) groups is 1. The van der Waals surface area contributed by atoms with Gasteiger partial charge < -0.3 is 5.11 Å². The molecule has 0 aromatic heterocycles. The molecule has 0 fully saturated rings. The van der Waals surface area contributed by atoms with E-state index in [0.717, 1.165) is 20.3 Å². The van der Waals surface area contributed by atoms with Gasteiger partial charge in [-0.05, 0) is 72.5 Å². The fourth-order valence-electron chi connectivity index (χ4n) is 1.63. The largest absolute Gasteiger partial charge is 0.478 e. The summed E-state index contributed by atoms with van der Waals surface area (Å²) in [4.78, 5) is 11.1. The van der Waals surface area contributed by atoms with Crippen molar-refractivity contribution < 1.29 is 9.90 Å². The van der Waals surface area contributed by atoms with Crippen molar-refractivity contribution in [3.63, 3.8) is 0 Å². The molecule has 0 amide bonds. The van der Waals surface area contributed by atoms with E-state index in [1.165, 1.54) is 5.56 Å². The molecule has 0 aliphatic rings. The van der Waals surface area contributed by atoms with Crippen LogP contribution in [0.4, 0.5) is 0 Å². The highest BCUT2D eigenvalue weighted by molar-refractivity contribution is 14.1. The molecule has 1 rings (SSSR count). The van der Waals surface area contributed by atoms with Gasteiger partial charge in [-0.3, -0.25) is 0 Å². The summed E-state index contributed by atoms with van der Waals surface area (Å²) in [7, 11) is 0. The molecule has 0 saturated carbocycles. The van der Waals surface area contributed by atoms with Gasteiger partial charge in [0, 0.05) is 3.57 Å². The molecule has 0 atom stereocenters. The molecular weight excluding hydrogens is 291 g/mol. The van der Waals surface area contributed by atoms with Crippen molar-refractivity contribution in [2.45, 2.75) is 27.7 Å². The van der Waals surface area contributed by atoms with Crippen molar-refractivity contribution in [3.8, 4) is 0 Å². The lowest BCUT2D eigenvalue weighted by Crippen LogP contribution is -2.08. The zero-order chi connectivity index (χ0) is 11.0. The van der Waals surface area contributed by atoms with Crippen molar-refractivity contribution in [2.75, 3.05) is 0 Å². The third-order valence-corrected chi connectivity index (χ3v) is 4.37. The Labute approximate surface area is 97.5 Å². The second-order valence-electron chi connectivity index (χ2n) is 3.49. The molecule has 0 heterocycles. The first-order chi connectivity index (χ1) is 6.37. The van der Waals surface area contributed by atoms with Crippen LogP contribution in [0.25, 0.3) is 0 Å². The van der Waals surface area contributed by atoms with Crippen molar-refractivity contribution in [3.05, 3.63) is 31.4 Å². The number of rotatable bonds is 1. The summed E-state index contributed by atoms with van der Waals surface area (Å²) in [5.41, 5.74) is 4.48. The van der Waals surface area contributed by atoms with Crippen LogP contribution < -0.4 is 0 Å². The molecule has 0 aliphatic heterocycles. The third kappa shape index (κ3) is 1.65. The number of hydrogen-bond donors (Lipinski definition) is 1. The highest BCUT2D eigenvalue weighted by Crippen LogP contribution is 2.27. The van der Waals surface area contributed by atoms with E-state index in [4.69, 9.17) is 5.11 Å². The van der Waals surface area contributed by atoms with Gasteiger partial charge in [0.15, 0.2) is 0 Å². The monoisotopic (exact) mass is 304 g/mol. The van der Waals surface area contributed by atoms with Crippen LogP contribution in [0.5, 0.6) is 0 Å². The predicted octanol–water partition coefficient (Wildman–Crippen LogP) is 3.22. The molecule has 1 aromatic rings. The van der Waals surface area contributed by atoms with Crippen LogP contribution in [0.3, 0.4) is 0 Å². The quantitative estimate of drug-likeness (QED) is 0.809. The average molecular weight is 304 g/mol. The lowest BCUT2D eigenvalue weighted by Gasteiger charge is -2.14. The second kappa shape index (κ2) is 3.88. The molecule has 2 nitrogen and oxygen atoms in total. The molecule has 14 heavy (non-hydrogen) atoms. The fraction of sp³-hybridized carbons (Fsp3) is 0.364. The summed E-state index contributed by atoms with van der Waals surface area (Å²) >= 11 is 2.21. The maximum absolute atomic E-state index is 11.1. The average Bonchev–Trinajstić information content (AvgIpc) is 2.11. The van der Waals surface area contributed by atoms with Crippen molar-refractivity contribution in [1.29, 1.82) is 0 Å². The van der Waals surface area contributed by atoms with Crippen LogP contribution in [-0.4, -0.2) is 11.1 Å². The summed E-state index contributed by atoms with van der Waals surface area (Å²) in [6, 6.07) is 0. The Bertz CT molecular complexity index is 379. The molecule has 0 spiro atoms. The number of carboxylic acid groups (broad SMARTS) is 1. The minimum atomic E-state index is -0.832. The molecule has 0 aliphatic carbocycles. The van der Waals surface area contributed by atoms with Gasteiger partial charge in [-0.25, -0.2) is 4.79 Å². The van der Waals surface area contributed by atoms with Crippen molar-refractivity contribution >= 4 is 28.6 Å². The molecule has 76 valence electrons. The number of halogens is 1. The predicted molar refractivity (Wildman–Crippen MR) is 65.1 cm³/mol. The third-order valence-electron chi connectivity index (χ3n) is 2.75. The Balaban J connectivity index is 3.68. The topological polar surface area (TPSA) is 37.3 Å². The van der Waals surface area contributed by atoms with Gasteiger partial charge in [0.2, 0.25) is 0 Å². The molecule has 0 bridgehead atoms. The van der Waals surface area contributed by atoms with Crippen LogP contribution >= 0.6 is 22.6 Å². The van der Waals surface area contributed by atoms with Gasteiger partial charge in [-0.1, -0.05) is 0 Å². The van der Waals surface area contributed by atoms with Crippen LogP contribution in [0.15, 0.2) is 0 Å². The van der Waals surface area contributed by atoms with E-state index >= 15 is 0 Å². The van der Waals surface area contributed by atoms with E-state index in [2.05, 4.69) is 22.6 Å². The molecule has 3 heteroatoms. The summed E-state index contributed by atoms with van der Waals surface area (Å²) in [5.74, 6) is -0.832. The summed E-state index contributed by atoms with van der Waals surface area (Å²) in [6.07, 6.45) is 0. The van der Waals surface area contributed by atoms with Crippen LogP contribution in [0.1, 0.15) is 32.6 Å². The fourth-order valence-corrected chi connectivity index (χ4v) is 2.30. The maximum atomic E-state index is 11.1. The molecule has 0 radical (unpaired) electrons. The minimum absolute atomic E-state index is 0.456. The van der Waals surface area contributed by atoms with Gasteiger partial charge in [0.1, 0.15) is 0 Å². The second-order valence-corrected chi connectivity index (χ2v) is 4.57. The van der Waals surface area contributed by atoms with Gasteiger partial charge >= 0.3 is 5.97 Å². The summed E-state index contributed by atoms with van der Waals surface area (Å²) in [6.45, 7) is 7.74. The standard InChI is InChI=1S/C11H13IO2/c1-5-6(2)9(11(13)14)8(4)10(12)7(5)3/h1-4H3,(H,13,14).